The molecular weight excluding hydrogens is 320 g/mol. The summed E-state index contributed by atoms with van der Waals surface area (Å²) < 4.78 is 0. The summed E-state index contributed by atoms with van der Waals surface area (Å²) in [7, 11) is 0. The molecule has 118 valence electrons. The Morgan fingerprint density at radius 1 is 1.18 bits per heavy atom. The number of nitrogens with one attached hydrogen (secondary N) is 2. The number of urea groups is 1. The Morgan fingerprint density at radius 2 is 1.86 bits per heavy atom. The number of carbonyl (C=O) groups is 1. The van der Waals surface area contributed by atoms with Gasteiger partial charge in [-0.15, -0.1) is 0 Å². The fraction of sp³-hybridized carbons (Fsp3) is 0.312. The van der Waals surface area contributed by atoms with Crippen molar-refractivity contribution in [1.82, 2.24) is 10.6 Å². The summed E-state index contributed by atoms with van der Waals surface area (Å²) in [6.45, 7) is 2.77. The highest BCUT2D eigenvalue weighted by Crippen LogP contribution is 2.17. The van der Waals surface area contributed by atoms with Gasteiger partial charge in [0.25, 0.3) is 0 Å². The molecule has 0 saturated carbocycles. The number of amides is 2. The van der Waals surface area contributed by atoms with Gasteiger partial charge in [0.15, 0.2) is 0 Å². The maximum atomic E-state index is 11.8. The molecule has 0 saturated heterocycles. The van der Waals surface area contributed by atoms with Crippen molar-refractivity contribution in [3.8, 4) is 0 Å². The molecule has 2 unspecified atom stereocenters. The number of hydrogen-bond donors (Lipinski definition) is 3. The second kappa shape index (κ2) is 8.17. The van der Waals surface area contributed by atoms with Gasteiger partial charge in [-0.25, -0.2) is 4.79 Å². The van der Waals surface area contributed by atoms with E-state index in [0.717, 1.165) is 5.56 Å². The van der Waals surface area contributed by atoms with E-state index >= 15 is 0 Å². The van der Waals surface area contributed by atoms with Gasteiger partial charge in [-0.1, -0.05) is 30.7 Å². The smallest absolute Gasteiger partial charge is 0.314 e. The van der Waals surface area contributed by atoms with Crippen molar-refractivity contribution < 1.29 is 9.90 Å². The van der Waals surface area contributed by atoms with Gasteiger partial charge < -0.3 is 15.7 Å². The molecule has 2 atom stereocenters. The first-order valence-corrected chi connectivity index (χ1v) is 8.35. The average Bonchev–Trinajstić information content (AvgIpc) is 3.05. The van der Waals surface area contributed by atoms with E-state index in [0.29, 0.717) is 11.6 Å². The van der Waals surface area contributed by atoms with Crippen LogP contribution in [0.1, 0.15) is 30.1 Å². The summed E-state index contributed by atoms with van der Waals surface area (Å²) in [6.07, 6.45) is -0.752. The summed E-state index contributed by atoms with van der Waals surface area (Å²) in [4.78, 5) is 11.8. The molecule has 22 heavy (non-hydrogen) atoms. The van der Waals surface area contributed by atoms with Gasteiger partial charge in [0.2, 0.25) is 0 Å². The van der Waals surface area contributed by atoms with Gasteiger partial charge in [-0.3, -0.25) is 0 Å². The maximum Gasteiger partial charge on any atom is 0.314 e. The number of aliphatic hydroxyl groups is 1. The first kappa shape index (κ1) is 16.8. The molecule has 3 N–H and O–H groups in total. The zero-order chi connectivity index (χ0) is 15.9. The van der Waals surface area contributed by atoms with Crippen LogP contribution in [0.5, 0.6) is 0 Å². The largest absolute Gasteiger partial charge is 0.387 e. The molecule has 6 heteroatoms. The quantitative estimate of drug-likeness (QED) is 0.754. The third-order valence-electron chi connectivity index (χ3n) is 3.39. The van der Waals surface area contributed by atoms with Crippen LogP contribution in [0.4, 0.5) is 4.79 Å². The van der Waals surface area contributed by atoms with Crippen molar-refractivity contribution in [2.75, 3.05) is 13.1 Å². The van der Waals surface area contributed by atoms with Crippen molar-refractivity contribution >= 4 is 29.0 Å². The number of hydrogen-bond acceptors (Lipinski definition) is 3. The number of benzene rings is 1. The van der Waals surface area contributed by atoms with Gasteiger partial charge >= 0.3 is 6.03 Å². The highest BCUT2D eigenvalue weighted by atomic mass is 35.5. The SMILES string of the molecule is CC(CNC(=O)NCC(O)c1ccc(Cl)cc1)c1ccsc1. The molecule has 0 fully saturated rings. The van der Waals surface area contributed by atoms with Crippen LogP contribution in [0.3, 0.4) is 0 Å². The number of thiophene rings is 1. The van der Waals surface area contributed by atoms with E-state index in [1.54, 1.807) is 35.6 Å². The van der Waals surface area contributed by atoms with Crippen LogP contribution in [0.2, 0.25) is 5.02 Å². The highest BCUT2D eigenvalue weighted by molar-refractivity contribution is 7.07. The van der Waals surface area contributed by atoms with E-state index in [1.807, 2.05) is 5.38 Å². The molecule has 1 heterocycles. The number of halogens is 1. The van der Waals surface area contributed by atoms with Crippen LogP contribution >= 0.6 is 22.9 Å². The molecule has 0 aliphatic heterocycles. The fourth-order valence-corrected chi connectivity index (χ4v) is 2.88. The predicted molar refractivity (Wildman–Crippen MR) is 90.5 cm³/mol. The van der Waals surface area contributed by atoms with Crippen LogP contribution in [0, 0.1) is 0 Å². The average molecular weight is 339 g/mol. The third-order valence-corrected chi connectivity index (χ3v) is 4.35. The molecule has 0 radical (unpaired) electrons. The van der Waals surface area contributed by atoms with Gasteiger partial charge in [0.05, 0.1) is 6.10 Å². The topological polar surface area (TPSA) is 61.4 Å². The van der Waals surface area contributed by atoms with Gasteiger partial charge in [0, 0.05) is 18.1 Å². The Morgan fingerprint density at radius 3 is 2.50 bits per heavy atom. The molecule has 2 rings (SSSR count). The van der Waals surface area contributed by atoms with Crippen molar-refractivity contribution in [3.05, 3.63) is 57.2 Å². The maximum absolute atomic E-state index is 11.8. The van der Waals surface area contributed by atoms with Crippen molar-refractivity contribution in [3.63, 3.8) is 0 Å². The van der Waals surface area contributed by atoms with Gasteiger partial charge in [-0.2, -0.15) is 11.3 Å². The number of aliphatic hydroxyl groups excluding tert-OH is 1. The molecule has 0 bridgehead atoms. The van der Waals surface area contributed by atoms with Crippen LogP contribution < -0.4 is 10.6 Å². The first-order chi connectivity index (χ1) is 10.6. The first-order valence-electron chi connectivity index (χ1n) is 7.03. The Kier molecular flexibility index (Phi) is 6.24. The standard InChI is InChI=1S/C16H19ClN2O2S/c1-11(13-6-7-22-10-13)8-18-16(21)19-9-15(20)12-2-4-14(17)5-3-12/h2-7,10-11,15,20H,8-9H2,1H3,(H2,18,19,21). The zero-order valence-electron chi connectivity index (χ0n) is 12.3. The Bertz CT molecular complexity index is 587. The van der Waals surface area contributed by atoms with Crippen molar-refractivity contribution in [1.29, 1.82) is 0 Å². The Labute approximate surface area is 139 Å². The third kappa shape index (κ3) is 5.02. The van der Waals surface area contributed by atoms with Crippen LogP contribution in [0.15, 0.2) is 41.1 Å². The summed E-state index contributed by atoms with van der Waals surface area (Å²) in [5.74, 6) is 0.262. The summed E-state index contributed by atoms with van der Waals surface area (Å²) in [5, 5.41) is 20.2. The van der Waals surface area contributed by atoms with Crippen molar-refractivity contribution in [2.45, 2.75) is 18.9 Å². The van der Waals surface area contributed by atoms with E-state index in [4.69, 9.17) is 11.6 Å². The molecule has 4 nitrogen and oxygen atoms in total. The predicted octanol–water partition coefficient (Wildman–Crippen LogP) is 3.54. The summed E-state index contributed by atoms with van der Waals surface area (Å²) in [6, 6.07) is 8.68. The van der Waals surface area contributed by atoms with Crippen LogP contribution in [-0.4, -0.2) is 24.2 Å². The minimum absolute atomic E-state index is 0.153. The van der Waals surface area contributed by atoms with E-state index in [2.05, 4.69) is 29.0 Å². The zero-order valence-corrected chi connectivity index (χ0v) is 13.8. The minimum atomic E-state index is -0.752. The summed E-state index contributed by atoms with van der Waals surface area (Å²) >= 11 is 7.44. The van der Waals surface area contributed by atoms with Gasteiger partial charge in [0.1, 0.15) is 0 Å². The Balaban J connectivity index is 1.72. The monoisotopic (exact) mass is 338 g/mol. The second-order valence-corrected chi connectivity index (χ2v) is 6.33. The molecule has 2 aromatic rings. The van der Waals surface area contributed by atoms with E-state index in [1.165, 1.54) is 5.56 Å². The van der Waals surface area contributed by atoms with E-state index in [-0.39, 0.29) is 18.5 Å². The molecule has 1 aromatic carbocycles. The lowest BCUT2D eigenvalue weighted by molar-refractivity contribution is 0.173. The lowest BCUT2D eigenvalue weighted by Crippen LogP contribution is -2.39. The molecule has 0 aliphatic carbocycles. The summed E-state index contributed by atoms with van der Waals surface area (Å²) in [5.41, 5.74) is 1.93. The molecule has 2 amide bonds. The Hall–Kier alpha value is -1.56. The van der Waals surface area contributed by atoms with E-state index < -0.39 is 6.10 Å². The molecule has 0 spiro atoms. The molecule has 0 aliphatic rings. The van der Waals surface area contributed by atoms with Gasteiger partial charge in [-0.05, 0) is 46.0 Å². The van der Waals surface area contributed by atoms with E-state index in [9.17, 15) is 9.90 Å². The minimum Gasteiger partial charge on any atom is -0.387 e. The molecular formula is C16H19ClN2O2S. The fourth-order valence-electron chi connectivity index (χ4n) is 1.97. The highest BCUT2D eigenvalue weighted by Gasteiger charge is 2.11. The lowest BCUT2D eigenvalue weighted by Gasteiger charge is -2.15. The lowest BCUT2D eigenvalue weighted by atomic mass is 10.1. The van der Waals surface area contributed by atoms with Crippen LogP contribution in [0.25, 0.3) is 0 Å². The normalized spacial score (nSPS) is 13.4. The number of rotatable bonds is 6. The van der Waals surface area contributed by atoms with Crippen molar-refractivity contribution in [2.24, 2.45) is 0 Å². The van der Waals surface area contributed by atoms with Crippen LogP contribution in [-0.2, 0) is 0 Å². The molecule has 1 aromatic heterocycles. The second-order valence-electron chi connectivity index (χ2n) is 5.12. The number of carbonyl (C=O) groups excluding carboxylic acids is 1.